The fraction of sp³-hybridized carbons (Fsp3) is 0.778. The van der Waals surface area contributed by atoms with Crippen LogP contribution < -0.4 is 0 Å². The van der Waals surface area contributed by atoms with Crippen molar-refractivity contribution >= 4 is 0 Å². The number of likely N-dealkylation sites (tertiary alicyclic amines) is 2. The zero-order valence-electron chi connectivity index (χ0n) is 13.8. The predicted molar refractivity (Wildman–Crippen MR) is 88.3 cm³/mol. The van der Waals surface area contributed by atoms with E-state index in [-0.39, 0.29) is 0 Å². The first-order valence-electron chi connectivity index (χ1n) is 8.86. The number of rotatable bonds is 4. The van der Waals surface area contributed by atoms with Gasteiger partial charge in [0.2, 0.25) is 0 Å². The Balaban J connectivity index is 1.56. The Morgan fingerprint density at radius 1 is 1.10 bits per heavy atom. The molecule has 0 radical (unpaired) electrons. The summed E-state index contributed by atoms with van der Waals surface area (Å²) in [6.45, 7) is 10.9. The lowest BCUT2D eigenvalue weighted by Gasteiger charge is -2.34. The maximum Gasteiger partial charge on any atom is 0.0470 e. The second-order valence-corrected chi connectivity index (χ2v) is 7.17. The maximum atomic E-state index is 3.69. The third-order valence-corrected chi connectivity index (χ3v) is 5.43. The highest BCUT2D eigenvalue weighted by molar-refractivity contribution is 5.16. The van der Waals surface area contributed by atoms with Crippen molar-refractivity contribution in [3.05, 3.63) is 23.5 Å². The molecule has 3 heterocycles. The predicted octanol–water partition coefficient (Wildman–Crippen LogP) is 3.79. The first-order valence-corrected chi connectivity index (χ1v) is 8.86. The summed E-state index contributed by atoms with van der Waals surface area (Å²) in [5.74, 6) is 0.909. The molecule has 3 rings (SSSR count). The Bertz CT molecular complexity index is 425. The van der Waals surface area contributed by atoms with Gasteiger partial charge in [0.25, 0.3) is 0 Å². The van der Waals surface area contributed by atoms with Crippen LogP contribution >= 0.6 is 0 Å². The van der Waals surface area contributed by atoms with Crippen molar-refractivity contribution in [2.75, 3.05) is 26.2 Å². The van der Waals surface area contributed by atoms with Crippen molar-refractivity contribution in [1.29, 1.82) is 0 Å². The van der Waals surface area contributed by atoms with Crippen LogP contribution in [-0.4, -0.2) is 41.0 Å². The van der Waals surface area contributed by atoms with Crippen LogP contribution in [-0.2, 0) is 6.54 Å². The Hall–Kier alpha value is -0.800. The zero-order chi connectivity index (χ0) is 14.7. The SMILES string of the molecule is CC1CCN(C(C)c2ccc(CN3CCCCC3)[nH]2)CC1. The Morgan fingerprint density at radius 3 is 2.52 bits per heavy atom. The van der Waals surface area contributed by atoms with Gasteiger partial charge in [-0.15, -0.1) is 0 Å². The standard InChI is InChI=1S/C18H31N3/c1-15-8-12-21(13-9-15)16(2)18-7-6-17(19-18)14-20-10-4-3-5-11-20/h6-7,15-16,19H,3-5,8-14H2,1-2H3. The van der Waals surface area contributed by atoms with E-state index in [4.69, 9.17) is 0 Å². The Labute approximate surface area is 129 Å². The van der Waals surface area contributed by atoms with Crippen LogP contribution in [0, 0.1) is 5.92 Å². The zero-order valence-corrected chi connectivity index (χ0v) is 13.8. The highest BCUT2D eigenvalue weighted by Gasteiger charge is 2.22. The number of nitrogens with zero attached hydrogens (tertiary/aromatic N) is 2. The number of piperidine rings is 2. The third-order valence-electron chi connectivity index (χ3n) is 5.43. The van der Waals surface area contributed by atoms with Crippen molar-refractivity contribution in [1.82, 2.24) is 14.8 Å². The summed E-state index contributed by atoms with van der Waals surface area (Å²) in [4.78, 5) is 8.91. The molecule has 2 fully saturated rings. The molecule has 1 unspecified atom stereocenters. The molecule has 0 saturated carbocycles. The topological polar surface area (TPSA) is 22.3 Å². The van der Waals surface area contributed by atoms with Crippen LogP contribution in [0.2, 0.25) is 0 Å². The molecule has 0 aliphatic carbocycles. The molecular weight excluding hydrogens is 258 g/mol. The van der Waals surface area contributed by atoms with E-state index in [1.165, 1.54) is 69.7 Å². The molecule has 3 heteroatoms. The quantitative estimate of drug-likeness (QED) is 0.911. The first-order chi connectivity index (χ1) is 10.2. The van der Waals surface area contributed by atoms with Gasteiger partial charge >= 0.3 is 0 Å². The number of H-pyrrole nitrogens is 1. The van der Waals surface area contributed by atoms with Gasteiger partial charge in [0.15, 0.2) is 0 Å². The molecule has 2 saturated heterocycles. The Morgan fingerprint density at radius 2 is 1.81 bits per heavy atom. The fourth-order valence-electron chi connectivity index (χ4n) is 3.77. The number of aromatic amines is 1. The molecule has 118 valence electrons. The summed E-state index contributed by atoms with van der Waals surface area (Å²) >= 11 is 0. The fourth-order valence-corrected chi connectivity index (χ4v) is 3.77. The van der Waals surface area contributed by atoms with Crippen LogP contribution in [0.25, 0.3) is 0 Å². The normalized spacial score (nSPS) is 24.3. The highest BCUT2D eigenvalue weighted by Crippen LogP contribution is 2.26. The minimum absolute atomic E-state index is 0.535. The van der Waals surface area contributed by atoms with E-state index in [0.717, 1.165) is 12.5 Å². The summed E-state index contributed by atoms with van der Waals surface area (Å²) in [7, 11) is 0. The van der Waals surface area contributed by atoms with Gasteiger partial charge in [-0.25, -0.2) is 0 Å². The lowest BCUT2D eigenvalue weighted by molar-refractivity contribution is 0.145. The molecule has 1 aromatic heterocycles. The van der Waals surface area contributed by atoms with Gasteiger partial charge in [0.05, 0.1) is 0 Å². The lowest BCUT2D eigenvalue weighted by Crippen LogP contribution is -2.35. The molecule has 2 aliphatic heterocycles. The number of hydrogen-bond acceptors (Lipinski definition) is 2. The van der Waals surface area contributed by atoms with E-state index in [0.29, 0.717) is 6.04 Å². The van der Waals surface area contributed by atoms with E-state index in [1.54, 1.807) is 0 Å². The molecule has 0 amide bonds. The van der Waals surface area contributed by atoms with Gasteiger partial charge in [-0.3, -0.25) is 9.80 Å². The summed E-state index contributed by atoms with van der Waals surface area (Å²) in [5.41, 5.74) is 2.79. The smallest absolute Gasteiger partial charge is 0.0470 e. The minimum Gasteiger partial charge on any atom is -0.360 e. The molecular formula is C18H31N3. The third kappa shape index (κ3) is 3.89. The van der Waals surface area contributed by atoms with E-state index in [9.17, 15) is 0 Å². The van der Waals surface area contributed by atoms with Crippen LogP contribution in [0.3, 0.4) is 0 Å². The molecule has 2 aliphatic rings. The van der Waals surface area contributed by atoms with Crippen LogP contribution in [0.15, 0.2) is 12.1 Å². The van der Waals surface area contributed by atoms with Crippen LogP contribution in [0.5, 0.6) is 0 Å². The average molecular weight is 289 g/mol. The second-order valence-electron chi connectivity index (χ2n) is 7.17. The van der Waals surface area contributed by atoms with Crippen molar-refractivity contribution < 1.29 is 0 Å². The minimum atomic E-state index is 0.535. The molecule has 21 heavy (non-hydrogen) atoms. The largest absolute Gasteiger partial charge is 0.360 e. The van der Waals surface area contributed by atoms with E-state index in [2.05, 4.69) is 40.8 Å². The van der Waals surface area contributed by atoms with Gasteiger partial charge in [0, 0.05) is 24.0 Å². The van der Waals surface area contributed by atoms with E-state index >= 15 is 0 Å². The number of nitrogens with one attached hydrogen (secondary N) is 1. The molecule has 1 N–H and O–H groups in total. The molecule has 0 bridgehead atoms. The lowest BCUT2D eigenvalue weighted by atomic mass is 9.97. The Kier molecular flexibility index (Phi) is 5.02. The molecule has 1 aromatic rings. The van der Waals surface area contributed by atoms with Gasteiger partial charge in [-0.2, -0.15) is 0 Å². The summed E-state index contributed by atoms with van der Waals surface area (Å²) < 4.78 is 0. The molecule has 1 atom stereocenters. The second kappa shape index (κ2) is 6.97. The molecule has 0 spiro atoms. The van der Waals surface area contributed by atoms with Crippen molar-refractivity contribution in [2.24, 2.45) is 5.92 Å². The van der Waals surface area contributed by atoms with Crippen molar-refractivity contribution in [3.8, 4) is 0 Å². The summed E-state index contributed by atoms with van der Waals surface area (Å²) in [6.07, 6.45) is 6.86. The summed E-state index contributed by atoms with van der Waals surface area (Å²) in [5, 5.41) is 0. The van der Waals surface area contributed by atoms with Gasteiger partial charge in [0.1, 0.15) is 0 Å². The maximum absolute atomic E-state index is 3.69. The average Bonchev–Trinajstić information content (AvgIpc) is 2.97. The molecule has 3 nitrogen and oxygen atoms in total. The van der Waals surface area contributed by atoms with Gasteiger partial charge in [-0.1, -0.05) is 13.3 Å². The van der Waals surface area contributed by atoms with Crippen LogP contribution in [0.4, 0.5) is 0 Å². The van der Waals surface area contributed by atoms with E-state index in [1.807, 2.05) is 0 Å². The van der Waals surface area contributed by atoms with E-state index < -0.39 is 0 Å². The number of aromatic nitrogens is 1. The molecule has 0 aromatic carbocycles. The van der Waals surface area contributed by atoms with Crippen molar-refractivity contribution in [2.45, 2.75) is 58.5 Å². The number of hydrogen-bond donors (Lipinski definition) is 1. The van der Waals surface area contributed by atoms with Crippen LogP contribution in [0.1, 0.15) is 63.4 Å². The summed E-state index contributed by atoms with van der Waals surface area (Å²) in [6, 6.07) is 5.14. The highest BCUT2D eigenvalue weighted by atomic mass is 15.2. The van der Waals surface area contributed by atoms with Crippen molar-refractivity contribution in [3.63, 3.8) is 0 Å². The monoisotopic (exact) mass is 289 g/mol. The van der Waals surface area contributed by atoms with Gasteiger partial charge in [-0.05, 0) is 76.8 Å². The van der Waals surface area contributed by atoms with Gasteiger partial charge < -0.3 is 4.98 Å². The first kappa shape index (κ1) is 15.1.